The molecule has 0 radical (unpaired) electrons. The topological polar surface area (TPSA) is 44.8 Å². The highest BCUT2D eigenvalue weighted by atomic mass is 32.1. The molecule has 0 aromatic carbocycles. The van der Waals surface area contributed by atoms with Crippen LogP contribution in [0.5, 0.6) is 0 Å². The summed E-state index contributed by atoms with van der Waals surface area (Å²) in [6, 6.07) is 0. The Morgan fingerprint density at radius 3 is 3.06 bits per heavy atom. The summed E-state index contributed by atoms with van der Waals surface area (Å²) in [7, 11) is 0. The number of hydrogen-bond acceptors (Lipinski definition) is 5. The van der Waals surface area contributed by atoms with E-state index in [1.807, 2.05) is 19.1 Å². The van der Waals surface area contributed by atoms with Gasteiger partial charge in [0.15, 0.2) is 5.60 Å². The Balaban J connectivity index is 1.96. The first-order chi connectivity index (χ1) is 8.02. The first-order valence-electron chi connectivity index (χ1n) is 5.87. The molecule has 0 amide bonds. The molecule has 4 atom stereocenters. The van der Waals surface area contributed by atoms with Crippen molar-refractivity contribution in [3.63, 3.8) is 0 Å². The summed E-state index contributed by atoms with van der Waals surface area (Å²) in [4.78, 5) is 12.2. The molecule has 0 N–H and O–H groups in total. The van der Waals surface area contributed by atoms with Crippen molar-refractivity contribution in [1.29, 1.82) is 0 Å². The van der Waals surface area contributed by atoms with Gasteiger partial charge in [0.25, 0.3) is 5.79 Å². The van der Waals surface area contributed by atoms with Crippen LogP contribution in [-0.2, 0) is 19.0 Å². The van der Waals surface area contributed by atoms with Crippen LogP contribution in [0.3, 0.4) is 0 Å². The van der Waals surface area contributed by atoms with Gasteiger partial charge in [-0.15, -0.1) is 0 Å². The molecule has 1 aliphatic carbocycles. The Labute approximate surface area is 104 Å². The van der Waals surface area contributed by atoms with Gasteiger partial charge in [0.05, 0.1) is 5.92 Å². The second-order valence-electron chi connectivity index (χ2n) is 5.38. The van der Waals surface area contributed by atoms with Crippen LogP contribution in [0.1, 0.15) is 26.2 Å². The average molecular weight is 252 g/mol. The second-order valence-corrected chi connectivity index (χ2v) is 5.72. The quantitative estimate of drug-likeness (QED) is 0.482. The summed E-state index contributed by atoms with van der Waals surface area (Å²) in [6.07, 6.45) is 5.92. The van der Waals surface area contributed by atoms with Crippen molar-refractivity contribution in [2.75, 3.05) is 0 Å². The molecule has 2 spiro atoms. The Morgan fingerprint density at radius 1 is 1.41 bits per heavy atom. The molecule has 17 heavy (non-hydrogen) atoms. The molecule has 90 valence electrons. The highest BCUT2D eigenvalue weighted by Gasteiger charge is 2.80. The van der Waals surface area contributed by atoms with Gasteiger partial charge in [-0.3, -0.25) is 4.79 Å². The van der Waals surface area contributed by atoms with Crippen molar-refractivity contribution in [2.45, 2.75) is 43.2 Å². The number of ether oxygens (including phenoxy) is 3. The smallest absolute Gasteiger partial charge is 0.356 e. The fourth-order valence-electron chi connectivity index (χ4n) is 3.90. The van der Waals surface area contributed by atoms with E-state index >= 15 is 0 Å². The molecule has 1 saturated carbocycles. The number of thiocarbonyl (C=S) groups is 1. The molecule has 0 aromatic heterocycles. The van der Waals surface area contributed by atoms with Crippen molar-refractivity contribution in [3.05, 3.63) is 12.2 Å². The highest BCUT2D eigenvalue weighted by Crippen LogP contribution is 2.64. The van der Waals surface area contributed by atoms with Crippen molar-refractivity contribution < 1.29 is 19.0 Å². The van der Waals surface area contributed by atoms with Crippen LogP contribution in [0, 0.1) is 5.92 Å². The molecule has 3 heterocycles. The van der Waals surface area contributed by atoms with Gasteiger partial charge >= 0.3 is 5.24 Å². The van der Waals surface area contributed by atoms with E-state index in [0.717, 1.165) is 12.8 Å². The molecule has 2 bridgehead atoms. The van der Waals surface area contributed by atoms with Gasteiger partial charge in [-0.05, 0) is 31.9 Å². The van der Waals surface area contributed by atoms with Crippen molar-refractivity contribution in [2.24, 2.45) is 5.92 Å². The molecule has 3 fully saturated rings. The van der Waals surface area contributed by atoms with Gasteiger partial charge in [0.1, 0.15) is 11.4 Å². The van der Waals surface area contributed by atoms with E-state index < -0.39 is 17.0 Å². The molecular formula is C12H12O4S. The normalized spacial score (nSPS) is 54.3. The summed E-state index contributed by atoms with van der Waals surface area (Å²) in [5.74, 6) is -1.06. The van der Waals surface area contributed by atoms with Crippen molar-refractivity contribution >= 4 is 23.2 Å². The second kappa shape index (κ2) is 2.57. The number of Topliss-reactive ketones (excluding diaryl/α,β-unsaturated/α-hetero) is 1. The predicted octanol–water partition coefficient (Wildman–Crippen LogP) is 1.48. The minimum atomic E-state index is -0.959. The van der Waals surface area contributed by atoms with E-state index in [2.05, 4.69) is 0 Å². The Hall–Kier alpha value is -0.940. The van der Waals surface area contributed by atoms with Crippen LogP contribution >= 0.6 is 12.2 Å². The lowest BCUT2D eigenvalue weighted by Crippen LogP contribution is -2.57. The van der Waals surface area contributed by atoms with E-state index in [4.69, 9.17) is 26.4 Å². The standard InChI is InChI=1S/C12H12O4S/c1-10-5-6-12(16-10)11(14-9(17)15-12)4-2-3-7(13)8(10)11/h5-6,8H,2-4H2,1H3/t8-,10+,11+,12-/m0/s1. The lowest BCUT2D eigenvalue weighted by atomic mass is 9.64. The average Bonchev–Trinajstić information content (AvgIpc) is 2.74. The lowest BCUT2D eigenvalue weighted by Gasteiger charge is -2.40. The SMILES string of the molecule is C[C@@]12C=C[C@]3(OC(=S)O[C@@]34CCCC(=O)[C@@H]14)O2. The van der Waals surface area contributed by atoms with Gasteiger partial charge in [0.2, 0.25) is 0 Å². The monoisotopic (exact) mass is 252 g/mol. The third-order valence-electron chi connectivity index (χ3n) is 4.43. The summed E-state index contributed by atoms with van der Waals surface area (Å²) in [5.41, 5.74) is -1.32. The van der Waals surface area contributed by atoms with Crippen LogP contribution in [0.4, 0.5) is 0 Å². The maximum atomic E-state index is 12.2. The molecule has 4 nitrogen and oxygen atoms in total. The van der Waals surface area contributed by atoms with Gasteiger partial charge in [-0.2, -0.15) is 0 Å². The summed E-state index contributed by atoms with van der Waals surface area (Å²) in [6.45, 7) is 1.92. The fourth-order valence-corrected chi connectivity index (χ4v) is 4.17. The number of fused-ring (bicyclic) bond motifs is 2. The van der Waals surface area contributed by atoms with E-state index in [1.54, 1.807) is 0 Å². The molecule has 4 aliphatic rings. The Bertz CT molecular complexity index is 487. The van der Waals surface area contributed by atoms with Crippen LogP contribution < -0.4 is 0 Å². The zero-order chi connectivity index (χ0) is 11.9. The molecule has 4 rings (SSSR count). The third-order valence-corrected chi connectivity index (χ3v) is 4.59. The predicted molar refractivity (Wildman–Crippen MR) is 61.2 cm³/mol. The number of ketones is 1. The van der Waals surface area contributed by atoms with Gasteiger partial charge < -0.3 is 14.2 Å². The zero-order valence-corrected chi connectivity index (χ0v) is 10.2. The lowest BCUT2D eigenvalue weighted by molar-refractivity contribution is -0.169. The first-order valence-corrected chi connectivity index (χ1v) is 6.28. The van der Waals surface area contributed by atoms with E-state index in [-0.39, 0.29) is 16.9 Å². The summed E-state index contributed by atoms with van der Waals surface area (Å²) >= 11 is 5.00. The van der Waals surface area contributed by atoms with E-state index in [1.165, 1.54) is 0 Å². The zero-order valence-electron chi connectivity index (χ0n) is 9.39. The van der Waals surface area contributed by atoms with E-state index in [9.17, 15) is 4.79 Å². The Morgan fingerprint density at radius 2 is 2.24 bits per heavy atom. The van der Waals surface area contributed by atoms with Crippen LogP contribution in [0.15, 0.2) is 12.2 Å². The largest absolute Gasteiger partial charge is 0.442 e. The third kappa shape index (κ3) is 0.879. The van der Waals surface area contributed by atoms with Gasteiger partial charge in [-0.25, -0.2) is 0 Å². The van der Waals surface area contributed by atoms with Crippen LogP contribution in [0.2, 0.25) is 0 Å². The van der Waals surface area contributed by atoms with Crippen LogP contribution in [-0.4, -0.2) is 28.0 Å². The Kier molecular flexibility index (Phi) is 1.51. The molecule has 5 heteroatoms. The summed E-state index contributed by atoms with van der Waals surface area (Å²) in [5, 5.41) is 0.0956. The molecule has 0 aromatic rings. The number of carbonyl (C=O) groups is 1. The molecule has 0 unspecified atom stereocenters. The van der Waals surface area contributed by atoms with Crippen molar-refractivity contribution in [1.82, 2.24) is 0 Å². The van der Waals surface area contributed by atoms with Gasteiger partial charge in [0, 0.05) is 18.6 Å². The minimum Gasteiger partial charge on any atom is -0.442 e. The first kappa shape index (κ1) is 10.0. The van der Waals surface area contributed by atoms with Crippen molar-refractivity contribution in [3.8, 4) is 0 Å². The highest BCUT2D eigenvalue weighted by molar-refractivity contribution is 7.79. The fraction of sp³-hybridized carbons (Fsp3) is 0.667. The van der Waals surface area contributed by atoms with Crippen LogP contribution in [0.25, 0.3) is 0 Å². The number of rotatable bonds is 0. The number of carbonyl (C=O) groups excluding carboxylic acids is 1. The number of hydrogen-bond donors (Lipinski definition) is 0. The maximum absolute atomic E-state index is 12.2. The van der Waals surface area contributed by atoms with E-state index in [0.29, 0.717) is 6.42 Å². The maximum Gasteiger partial charge on any atom is 0.356 e. The van der Waals surface area contributed by atoms with Gasteiger partial charge in [-0.1, -0.05) is 0 Å². The minimum absolute atomic E-state index is 0.0956. The molecular weight excluding hydrogens is 240 g/mol. The molecule has 3 aliphatic heterocycles. The molecule has 2 saturated heterocycles. The summed E-state index contributed by atoms with van der Waals surface area (Å²) < 4.78 is 17.3.